The molecule has 0 amide bonds. The molecule has 0 aliphatic rings. The van der Waals surface area contributed by atoms with Crippen molar-refractivity contribution in [3.05, 3.63) is 29.6 Å². The first-order chi connectivity index (χ1) is 9.29. The van der Waals surface area contributed by atoms with Crippen LogP contribution in [0.4, 0.5) is 4.39 Å². The quantitative estimate of drug-likeness (QED) is 0.746. The highest BCUT2D eigenvalue weighted by atomic mass is 19.1. The van der Waals surface area contributed by atoms with E-state index in [4.69, 9.17) is 10.0 Å². The number of nitrogens with zero attached hydrogens (tertiary/aromatic N) is 1. The Balaban J connectivity index is 2.82. The van der Waals surface area contributed by atoms with Crippen molar-refractivity contribution >= 4 is 12.6 Å². The number of hydrogen-bond donors (Lipinski definition) is 2. The van der Waals surface area contributed by atoms with Gasteiger partial charge in [0.25, 0.3) is 0 Å². The van der Waals surface area contributed by atoms with Crippen molar-refractivity contribution in [2.45, 2.75) is 34.2 Å². The fourth-order valence-corrected chi connectivity index (χ4v) is 2.33. The van der Waals surface area contributed by atoms with E-state index in [0.29, 0.717) is 23.9 Å². The first-order valence-electron chi connectivity index (χ1n) is 7.16. The van der Waals surface area contributed by atoms with E-state index in [2.05, 4.69) is 32.6 Å². The Kier molecular flexibility index (Phi) is 6.66. The van der Waals surface area contributed by atoms with E-state index in [1.165, 1.54) is 6.07 Å². The van der Waals surface area contributed by atoms with Gasteiger partial charge in [0.2, 0.25) is 0 Å². The van der Waals surface area contributed by atoms with Gasteiger partial charge in [-0.15, -0.1) is 0 Å². The van der Waals surface area contributed by atoms with Gasteiger partial charge in [-0.1, -0.05) is 39.8 Å². The van der Waals surface area contributed by atoms with E-state index < -0.39 is 7.12 Å². The van der Waals surface area contributed by atoms with Gasteiger partial charge in [-0.3, -0.25) is 4.90 Å². The average Bonchev–Trinajstić information content (AvgIpc) is 2.29. The summed E-state index contributed by atoms with van der Waals surface area (Å²) in [5.74, 6) is 0.666. The molecule has 2 N–H and O–H groups in total. The molecule has 5 heteroatoms. The normalized spacial score (nSPS) is 11.7. The molecule has 0 radical (unpaired) electrons. The minimum atomic E-state index is -1.62. The Hall–Kier alpha value is -0.905. The highest BCUT2D eigenvalue weighted by Gasteiger charge is 2.16. The molecule has 0 aromatic heterocycles. The summed E-state index contributed by atoms with van der Waals surface area (Å²) in [6.07, 6.45) is 0. The summed E-state index contributed by atoms with van der Waals surface area (Å²) in [6, 6.07) is 4.40. The molecule has 0 fully saturated rings. The van der Waals surface area contributed by atoms with Crippen molar-refractivity contribution in [1.82, 2.24) is 4.90 Å². The van der Waals surface area contributed by atoms with Gasteiger partial charge in [-0.25, -0.2) is 4.39 Å². The highest BCUT2D eigenvalue weighted by molar-refractivity contribution is 6.58. The van der Waals surface area contributed by atoms with Gasteiger partial charge in [0.1, 0.15) is 5.82 Å². The smallest absolute Gasteiger partial charge is 0.423 e. The molecule has 112 valence electrons. The van der Waals surface area contributed by atoms with Gasteiger partial charge >= 0.3 is 7.12 Å². The van der Waals surface area contributed by atoms with E-state index in [9.17, 15) is 4.39 Å². The van der Waals surface area contributed by atoms with Crippen LogP contribution in [0.3, 0.4) is 0 Å². The fourth-order valence-electron chi connectivity index (χ4n) is 2.33. The molecule has 0 spiro atoms. The van der Waals surface area contributed by atoms with E-state index in [1.807, 2.05) is 0 Å². The van der Waals surface area contributed by atoms with Gasteiger partial charge in [0.15, 0.2) is 0 Å². The molecule has 1 aromatic carbocycles. The molecule has 20 heavy (non-hydrogen) atoms. The molecular weight excluding hydrogens is 256 g/mol. The summed E-state index contributed by atoms with van der Waals surface area (Å²) >= 11 is 0. The van der Waals surface area contributed by atoms with E-state index >= 15 is 0 Å². The van der Waals surface area contributed by atoms with Gasteiger partial charge in [0.05, 0.1) is 0 Å². The number of benzene rings is 1. The molecule has 3 nitrogen and oxygen atoms in total. The van der Waals surface area contributed by atoms with E-state index in [0.717, 1.165) is 13.1 Å². The van der Waals surface area contributed by atoms with Crippen LogP contribution in [0, 0.1) is 17.7 Å². The second-order valence-electron chi connectivity index (χ2n) is 6.21. The summed E-state index contributed by atoms with van der Waals surface area (Å²) < 4.78 is 14.0. The second kappa shape index (κ2) is 7.77. The zero-order valence-corrected chi connectivity index (χ0v) is 12.8. The molecule has 0 saturated heterocycles. The van der Waals surface area contributed by atoms with Gasteiger partial charge in [-0.2, -0.15) is 0 Å². The lowest BCUT2D eigenvalue weighted by molar-refractivity contribution is 0.209. The van der Waals surface area contributed by atoms with Crippen molar-refractivity contribution in [1.29, 1.82) is 0 Å². The van der Waals surface area contributed by atoms with Crippen molar-refractivity contribution in [3.8, 4) is 0 Å². The predicted molar refractivity (Wildman–Crippen MR) is 81.2 cm³/mol. The van der Waals surface area contributed by atoms with Crippen LogP contribution in [0.15, 0.2) is 18.2 Å². The molecule has 1 rings (SSSR count). The zero-order valence-electron chi connectivity index (χ0n) is 12.8. The third kappa shape index (κ3) is 5.61. The zero-order chi connectivity index (χ0) is 15.3. The third-order valence-corrected chi connectivity index (χ3v) is 3.02. The maximum atomic E-state index is 14.0. The lowest BCUT2D eigenvalue weighted by Crippen LogP contribution is -2.33. The number of halogens is 1. The standard InChI is InChI=1S/C15H25BFNO2/c1-11(2)8-18(9-12(3)4)10-13-5-6-14(16(19)20)7-15(13)17/h5-7,11-12,19-20H,8-10H2,1-4H3. The Morgan fingerprint density at radius 3 is 2.05 bits per heavy atom. The van der Waals surface area contributed by atoms with E-state index in [-0.39, 0.29) is 11.3 Å². The third-order valence-electron chi connectivity index (χ3n) is 3.02. The highest BCUT2D eigenvalue weighted by Crippen LogP contribution is 2.12. The van der Waals surface area contributed by atoms with Crippen LogP contribution < -0.4 is 5.46 Å². The van der Waals surface area contributed by atoms with Crippen LogP contribution in [0.2, 0.25) is 0 Å². The van der Waals surface area contributed by atoms with Gasteiger partial charge < -0.3 is 10.0 Å². The molecule has 0 aliphatic heterocycles. The summed E-state index contributed by atoms with van der Waals surface area (Å²) in [4.78, 5) is 2.24. The molecule has 0 unspecified atom stereocenters. The second-order valence-corrected chi connectivity index (χ2v) is 6.21. The fraction of sp³-hybridized carbons (Fsp3) is 0.600. The lowest BCUT2D eigenvalue weighted by atomic mass is 9.80. The van der Waals surface area contributed by atoms with Crippen LogP contribution in [0.5, 0.6) is 0 Å². The predicted octanol–water partition coefficient (Wildman–Crippen LogP) is 1.62. The average molecular weight is 281 g/mol. The Labute approximate surface area is 121 Å². The summed E-state index contributed by atoms with van der Waals surface area (Å²) in [7, 11) is -1.62. The summed E-state index contributed by atoms with van der Waals surface area (Å²) in [5.41, 5.74) is 0.779. The van der Waals surface area contributed by atoms with Crippen molar-refractivity contribution < 1.29 is 14.4 Å². The van der Waals surface area contributed by atoms with Crippen LogP contribution in [-0.4, -0.2) is 35.2 Å². The molecular formula is C15H25BFNO2. The maximum Gasteiger partial charge on any atom is 0.488 e. The Morgan fingerprint density at radius 1 is 1.10 bits per heavy atom. The van der Waals surface area contributed by atoms with Crippen LogP contribution in [-0.2, 0) is 6.54 Å². The van der Waals surface area contributed by atoms with Crippen molar-refractivity contribution in [2.75, 3.05) is 13.1 Å². The molecule has 0 atom stereocenters. The van der Waals surface area contributed by atoms with Gasteiger partial charge in [-0.05, 0) is 23.4 Å². The minimum absolute atomic E-state index is 0.186. The summed E-state index contributed by atoms with van der Waals surface area (Å²) in [6.45, 7) is 11.0. The monoisotopic (exact) mass is 281 g/mol. The largest absolute Gasteiger partial charge is 0.488 e. The summed E-state index contributed by atoms with van der Waals surface area (Å²) in [5, 5.41) is 18.1. The molecule has 0 heterocycles. The molecule has 0 saturated carbocycles. The van der Waals surface area contributed by atoms with Crippen LogP contribution in [0.25, 0.3) is 0 Å². The SMILES string of the molecule is CC(C)CN(Cc1ccc(B(O)O)cc1F)CC(C)C. The Morgan fingerprint density at radius 2 is 1.65 bits per heavy atom. The van der Waals surface area contributed by atoms with E-state index in [1.54, 1.807) is 12.1 Å². The Bertz CT molecular complexity index is 414. The first kappa shape index (κ1) is 17.1. The van der Waals surface area contributed by atoms with Crippen molar-refractivity contribution in [3.63, 3.8) is 0 Å². The maximum absolute atomic E-state index is 14.0. The number of hydrogen-bond acceptors (Lipinski definition) is 3. The number of rotatable bonds is 7. The van der Waals surface area contributed by atoms with Crippen LogP contribution in [0.1, 0.15) is 33.3 Å². The molecule has 0 bridgehead atoms. The van der Waals surface area contributed by atoms with Crippen LogP contribution >= 0.6 is 0 Å². The topological polar surface area (TPSA) is 43.7 Å². The lowest BCUT2D eigenvalue weighted by Gasteiger charge is -2.26. The minimum Gasteiger partial charge on any atom is -0.423 e. The first-order valence-corrected chi connectivity index (χ1v) is 7.16. The molecule has 1 aromatic rings. The van der Waals surface area contributed by atoms with Crippen molar-refractivity contribution in [2.24, 2.45) is 11.8 Å². The molecule has 0 aliphatic carbocycles. The van der Waals surface area contributed by atoms with Gasteiger partial charge in [0, 0.05) is 25.2 Å².